The van der Waals surface area contributed by atoms with E-state index in [0.29, 0.717) is 18.0 Å². The minimum atomic E-state index is -1.06. The lowest BCUT2D eigenvalue weighted by Crippen LogP contribution is -2.07. The number of carboxylic acid groups (broad SMARTS) is 1. The Morgan fingerprint density at radius 2 is 2.05 bits per heavy atom. The maximum absolute atomic E-state index is 11.0. The Bertz CT molecular complexity index is 575. The number of hydrogen-bond acceptors (Lipinski definition) is 4. The Hall–Kier alpha value is -2.50. The van der Waals surface area contributed by atoms with E-state index < -0.39 is 5.97 Å². The molecule has 0 fully saturated rings. The quantitative estimate of drug-likeness (QED) is 0.859. The van der Waals surface area contributed by atoms with Gasteiger partial charge >= 0.3 is 5.97 Å². The predicted octanol–water partition coefficient (Wildman–Crippen LogP) is 1.89. The van der Waals surface area contributed by atoms with Crippen LogP contribution in [-0.4, -0.2) is 25.7 Å². The molecule has 0 aliphatic heterocycles. The van der Waals surface area contributed by atoms with Crippen LogP contribution in [-0.2, 0) is 13.2 Å². The lowest BCUT2D eigenvalue weighted by Gasteiger charge is -2.03. The van der Waals surface area contributed by atoms with Crippen LogP contribution in [0, 0.1) is 0 Å². The smallest absolute Gasteiger partial charge is 0.372 e. The van der Waals surface area contributed by atoms with Crippen molar-refractivity contribution in [1.82, 2.24) is 9.55 Å². The fourth-order valence-corrected chi connectivity index (χ4v) is 1.65. The molecule has 0 saturated heterocycles. The van der Waals surface area contributed by atoms with Crippen LogP contribution >= 0.6 is 0 Å². The van der Waals surface area contributed by atoms with E-state index in [1.807, 2.05) is 6.92 Å². The third kappa shape index (κ3) is 3.04. The molecule has 0 radical (unpaired) electrons. The van der Waals surface area contributed by atoms with Gasteiger partial charge in [-0.2, -0.15) is 0 Å². The van der Waals surface area contributed by atoms with Gasteiger partial charge in [0.05, 0.1) is 5.69 Å². The first kappa shape index (κ1) is 12.9. The third-order valence-corrected chi connectivity index (χ3v) is 2.58. The standard InChI is InChI=1S/C13H14N2O4/c1-2-15-7-9(14-12(15)13(17)18)8-19-11-5-3-10(16)4-6-11/h3-7,16H,2,8H2,1H3,(H,17,18). The molecule has 0 bridgehead atoms. The Kier molecular flexibility index (Phi) is 3.70. The van der Waals surface area contributed by atoms with Gasteiger partial charge in [-0.05, 0) is 31.2 Å². The Morgan fingerprint density at radius 1 is 1.37 bits per heavy atom. The highest BCUT2D eigenvalue weighted by Gasteiger charge is 2.13. The summed E-state index contributed by atoms with van der Waals surface area (Å²) in [6.45, 7) is 2.56. The summed E-state index contributed by atoms with van der Waals surface area (Å²) in [5.74, 6) is -0.305. The summed E-state index contributed by atoms with van der Waals surface area (Å²) in [6.07, 6.45) is 1.66. The van der Waals surface area contributed by atoms with Crippen molar-refractivity contribution in [3.05, 3.63) is 42.0 Å². The fraction of sp³-hybridized carbons (Fsp3) is 0.231. The number of phenolic OH excluding ortho intramolecular Hbond substituents is 1. The molecule has 1 aromatic carbocycles. The molecule has 1 aromatic heterocycles. The van der Waals surface area contributed by atoms with Crippen LogP contribution in [0.2, 0.25) is 0 Å². The zero-order chi connectivity index (χ0) is 13.8. The molecule has 0 unspecified atom stereocenters. The van der Waals surface area contributed by atoms with Crippen LogP contribution in [0.3, 0.4) is 0 Å². The van der Waals surface area contributed by atoms with E-state index in [2.05, 4.69) is 4.98 Å². The molecule has 2 rings (SSSR count). The van der Waals surface area contributed by atoms with Crippen molar-refractivity contribution < 1.29 is 19.7 Å². The van der Waals surface area contributed by atoms with Gasteiger partial charge in [0.2, 0.25) is 5.82 Å². The lowest BCUT2D eigenvalue weighted by molar-refractivity contribution is 0.0678. The lowest BCUT2D eigenvalue weighted by atomic mass is 10.3. The van der Waals surface area contributed by atoms with E-state index in [1.165, 1.54) is 12.1 Å². The zero-order valence-electron chi connectivity index (χ0n) is 10.4. The van der Waals surface area contributed by atoms with Crippen LogP contribution in [0.5, 0.6) is 11.5 Å². The van der Waals surface area contributed by atoms with Gasteiger partial charge in [0.15, 0.2) is 0 Å². The Morgan fingerprint density at radius 3 is 2.58 bits per heavy atom. The number of aryl methyl sites for hydroxylation is 1. The molecule has 2 N–H and O–H groups in total. The number of phenols is 1. The monoisotopic (exact) mass is 262 g/mol. The highest BCUT2D eigenvalue weighted by atomic mass is 16.5. The minimum absolute atomic E-state index is 0.00630. The molecule has 0 aliphatic carbocycles. The predicted molar refractivity (Wildman–Crippen MR) is 67.3 cm³/mol. The van der Waals surface area contributed by atoms with Crippen molar-refractivity contribution in [2.24, 2.45) is 0 Å². The molecular weight excluding hydrogens is 248 g/mol. The van der Waals surface area contributed by atoms with E-state index in [4.69, 9.17) is 14.9 Å². The van der Waals surface area contributed by atoms with Crippen LogP contribution in [0.15, 0.2) is 30.5 Å². The van der Waals surface area contributed by atoms with E-state index >= 15 is 0 Å². The van der Waals surface area contributed by atoms with Crippen molar-refractivity contribution >= 4 is 5.97 Å². The number of nitrogens with zero attached hydrogens (tertiary/aromatic N) is 2. The van der Waals surface area contributed by atoms with Gasteiger partial charge in [-0.3, -0.25) is 0 Å². The number of ether oxygens (including phenoxy) is 1. The van der Waals surface area contributed by atoms with E-state index in [0.717, 1.165) is 0 Å². The second-order valence-corrected chi connectivity index (χ2v) is 3.93. The number of aromatic nitrogens is 2. The molecule has 0 spiro atoms. The van der Waals surface area contributed by atoms with Crippen molar-refractivity contribution in [1.29, 1.82) is 0 Å². The largest absolute Gasteiger partial charge is 0.508 e. The van der Waals surface area contributed by atoms with E-state index in [9.17, 15) is 4.79 Å². The summed E-state index contributed by atoms with van der Waals surface area (Å²) >= 11 is 0. The van der Waals surface area contributed by atoms with E-state index in [1.54, 1.807) is 22.9 Å². The first-order chi connectivity index (χ1) is 9.10. The minimum Gasteiger partial charge on any atom is -0.508 e. The summed E-state index contributed by atoms with van der Waals surface area (Å²) in [5, 5.41) is 18.1. The first-order valence-corrected chi connectivity index (χ1v) is 5.81. The van der Waals surface area contributed by atoms with Gasteiger partial charge < -0.3 is 19.5 Å². The number of benzene rings is 1. The highest BCUT2D eigenvalue weighted by molar-refractivity contribution is 5.83. The number of imidazole rings is 1. The number of aromatic hydroxyl groups is 1. The van der Waals surface area contributed by atoms with Gasteiger partial charge in [-0.1, -0.05) is 0 Å². The molecular formula is C13H14N2O4. The number of carboxylic acids is 1. The number of aromatic carboxylic acids is 1. The average Bonchev–Trinajstić information content (AvgIpc) is 2.81. The summed E-state index contributed by atoms with van der Waals surface area (Å²) < 4.78 is 7.01. The highest BCUT2D eigenvalue weighted by Crippen LogP contribution is 2.17. The molecule has 6 heteroatoms. The molecule has 0 amide bonds. The van der Waals surface area contributed by atoms with E-state index in [-0.39, 0.29) is 18.2 Å². The number of hydrogen-bond donors (Lipinski definition) is 2. The van der Waals surface area contributed by atoms with Gasteiger partial charge in [-0.25, -0.2) is 9.78 Å². The van der Waals surface area contributed by atoms with Gasteiger partial charge in [-0.15, -0.1) is 0 Å². The maximum atomic E-state index is 11.0. The second-order valence-electron chi connectivity index (χ2n) is 3.93. The molecule has 100 valence electrons. The summed E-state index contributed by atoms with van der Waals surface area (Å²) in [4.78, 5) is 15.0. The molecule has 6 nitrogen and oxygen atoms in total. The fourth-order valence-electron chi connectivity index (χ4n) is 1.65. The Balaban J connectivity index is 2.07. The van der Waals surface area contributed by atoms with Crippen LogP contribution in [0.25, 0.3) is 0 Å². The van der Waals surface area contributed by atoms with Gasteiger partial charge in [0.25, 0.3) is 0 Å². The first-order valence-electron chi connectivity index (χ1n) is 5.81. The molecule has 0 atom stereocenters. The maximum Gasteiger partial charge on any atom is 0.372 e. The topological polar surface area (TPSA) is 84.6 Å². The van der Waals surface area contributed by atoms with Gasteiger partial charge in [0, 0.05) is 12.7 Å². The summed E-state index contributed by atoms with van der Waals surface area (Å²) in [5.41, 5.74) is 0.548. The molecule has 1 heterocycles. The zero-order valence-corrected chi connectivity index (χ0v) is 10.4. The number of carbonyl (C=O) groups is 1. The SMILES string of the molecule is CCn1cc(COc2ccc(O)cc2)nc1C(=O)O. The van der Waals surface area contributed by atoms with Crippen LogP contribution in [0.4, 0.5) is 0 Å². The van der Waals surface area contributed by atoms with Crippen molar-refractivity contribution in [3.63, 3.8) is 0 Å². The van der Waals surface area contributed by atoms with Crippen LogP contribution in [0.1, 0.15) is 23.2 Å². The van der Waals surface area contributed by atoms with Crippen molar-refractivity contribution in [3.8, 4) is 11.5 Å². The Labute approximate surface area is 109 Å². The molecule has 2 aromatic rings. The average molecular weight is 262 g/mol. The second kappa shape index (κ2) is 5.43. The number of rotatable bonds is 5. The summed E-state index contributed by atoms with van der Waals surface area (Å²) in [7, 11) is 0. The molecule has 19 heavy (non-hydrogen) atoms. The molecule has 0 aliphatic rings. The molecule has 0 saturated carbocycles. The van der Waals surface area contributed by atoms with Crippen molar-refractivity contribution in [2.45, 2.75) is 20.1 Å². The van der Waals surface area contributed by atoms with Gasteiger partial charge in [0.1, 0.15) is 18.1 Å². The normalized spacial score (nSPS) is 10.4. The summed E-state index contributed by atoms with van der Waals surface area (Å²) in [6, 6.07) is 6.29. The van der Waals surface area contributed by atoms with Crippen molar-refractivity contribution in [2.75, 3.05) is 0 Å². The van der Waals surface area contributed by atoms with Crippen LogP contribution < -0.4 is 4.74 Å². The third-order valence-electron chi connectivity index (χ3n) is 2.58.